The van der Waals surface area contributed by atoms with Crippen LogP contribution in [0.15, 0.2) is 18.3 Å². The van der Waals surface area contributed by atoms with Gasteiger partial charge < -0.3 is 25.6 Å². The van der Waals surface area contributed by atoms with Gasteiger partial charge in [0.05, 0.1) is 35.8 Å². The molecule has 1 aromatic heterocycles. The number of rotatable bonds is 11. The number of ether oxygens (including phenoxy) is 1. The van der Waals surface area contributed by atoms with E-state index in [1.54, 1.807) is 19.2 Å². The summed E-state index contributed by atoms with van der Waals surface area (Å²) in [6, 6.07) is 2.73. The van der Waals surface area contributed by atoms with Gasteiger partial charge in [0, 0.05) is 32.2 Å². The zero-order valence-electron chi connectivity index (χ0n) is 22.2. The van der Waals surface area contributed by atoms with E-state index in [0.717, 1.165) is 25.7 Å². The molecular weight excluding hydrogens is 553 g/mol. The van der Waals surface area contributed by atoms with Crippen molar-refractivity contribution in [1.82, 2.24) is 24.5 Å². The zero-order chi connectivity index (χ0) is 28.0. The molecule has 0 bridgehead atoms. The lowest BCUT2D eigenvalue weighted by molar-refractivity contribution is 0.0951. The first-order valence-electron chi connectivity index (χ1n) is 12.2. The number of amides is 1. The van der Waals surface area contributed by atoms with Gasteiger partial charge in [-0.25, -0.2) is 17.7 Å². The Hall–Kier alpha value is -2.38. The molecule has 0 saturated heterocycles. The van der Waals surface area contributed by atoms with Crippen LogP contribution in [-0.2, 0) is 10.0 Å². The number of methoxy groups -OCH3 is 1. The Morgan fingerprint density at radius 3 is 2.53 bits per heavy atom. The van der Waals surface area contributed by atoms with Crippen LogP contribution >= 0.6 is 23.2 Å². The average Bonchev–Trinajstić information content (AvgIpc) is 2.85. The lowest BCUT2D eigenvalue weighted by Crippen LogP contribution is -2.49. The lowest BCUT2D eigenvalue weighted by atomic mass is 9.90. The highest BCUT2D eigenvalue weighted by Gasteiger charge is 2.33. The molecule has 0 radical (unpaired) electrons. The second kappa shape index (κ2) is 13.1. The number of anilines is 3. The van der Waals surface area contributed by atoms with Crippen molar-refractivity contribution in [3.63, 3.8) is 0 Å². The van der Waals surface area contributed by atoms with Gasteiger partial charge in [0.2, 0.25) is 16.0 Å². The van der Waals surface area contributed by atoms with Gasteiger partial charge in [-0.15, -0.1) is 0 Å². The number of carbonyl (C=O) groups excluding carboxylic acids is 1. The number of sulfonamides is 1. The molecule has 0 spiro atoms. The standard InChI is InChI=1S/C24H35Cl2N7O4S/c1-32(2)11-10-27-23(34)15-12-21(37-4)19(13-16(15)25)30-24-28-14-17(26)22(31-24)29-18-8-6-7-9-20(18)33(3)38(5,35)36/h12-14,18,20H,6-11H2,1-5H3,(H,27,34)(H2,28,29,30,31)/t18-,20-/m1/s1. The van der Waals surface area contributed by atoms with Gasteiger partial charge in [-0.05, 0) is 39.1 Å². The van der Waals surface area contributed by atoms with E-state index in [2.05, 4.69) is 25.9 Å². The Morgan fingerprint density at radius 1 is 1.16 bits per heavy atom. The Balaban J connectivity index is 1.81. The predicted molar refractivity (Wildman–Crippen MR) is 151 cm³/mol. The normalized spacial score (nSPS) is 17.9. The largest absolute Gasteiger partial charge is 0.495 e. The van der Waals surface area contributed by atoms with E-state index in [4.69, 9.17) is 27.9 Å². The molecule has 11 nitrogen and oxygen atoms in total. The highest BCUT2D eigenvalue weighted by molar-refractivity contribution is 7.88. The van der Waals surface area contributed by atoms with Crippen molar-refractivity contribution in [3.8, 4) is 5.75 Å². The smallest absolute Gasteiger partial charge is 0.252 e. The third-order valence-electron chi connectivity index (χ3n) is 6.41. The molecule has 3 N–H and O–H groups in total. The van der Waals surface area contributed by atoms with E-state index < -0.39 is 10.0 Å². The fourth-order valence-corrected chi connectivity index (χ4v) is 5.41. The van der Waals surface area contributed by atoms with Crippen LogP contribution in [0.1, 0.15) is 36.0 Å². The Labute approximate surface area is 234 Å². The molecule has 38 heavy (non-hydrogen) atoms. The Kier molecular flexibility index (Phi) is 10.4. The summed E-state index contributed by atoms with van der Waals surface area (Å²) in [6.45, 7) is 1.16. The lowest BCUT2D eigenvalue weighted by Gasteiger charge is -2.37. The molecule has 1 fully saturated rings. The van der Waals surface area contributed by atoms with Crippen LogP contribution in [0.3, 0.4) is 0 Å². The van der Waals surface area contributed by atoms with Crippen molar-refractivity contribution >= 4 is 56.6 Å². The first-order valence-corrected chi connectivity index (χ1v) is 14.8. The Bertz CT molecular complexity index is 1250. The number of halogens is 2. The van der Waals surface area contributed by atoms with Crippen LogP contribution in [0.5, 0.6) is 5.75 Å². The summed E-state index contributed by atoms with van der Waals surface area (Å²) < 4.78 is 31.2. The summed E-state index contributed by atoms with van der Waals surface area (Å²) in [5, 5.41) is 9.77. The minimum absolute atomic E-state index is 0.169. The van der Waals surface area contributed by atoms with Crippen LogP contribution in [-0.4, -0.2) is 93.2 Å². The van der Waals surface area contributed by atoms with Crippen molar-refractivity contribution in [3.05, 3.63) is 33.9 Å². The molecule has 1 amide bonds. The van der Waals surface area contributed by atoms with Crippen LogP contribution in [0, 0.1) is 0 Å². The molecule has 1 aliphatic rings. The minimum atomic E-state index is -3.36. The van der Waals surface area contributed by atoms with Gasteiger partial charge in [0.1, 0.15) is 10.8 Å². The SMILES string of the molecule is COc1cc(C(=O)NCCN(C)C)c(Cl)cc1Nc1ncc(Cl)c(N[C@@H]2CCCC[C@H]2N(C)S(C)(=O)=O)n1. The summed E-state index contributed by atoms with van der Waals surface area (Å²) >= 11 is 12.8. The topological polar surface area (TPSA) is 129 Å². The highest BCUT2D eigenvalue weighted by atomic mass is 35.5. The maximum atomic E-state index is 12.6. The molecule has 1 aliphatic carbocycles. The highest BCUT2D eigenvalue weighted by Crippen LogP contribution is 2.34. The summed E-state index contributed by atoms with van der Waals surface area (Å²) in [5.74, 6) is 0.669. The fraction of sp³-hybridized carbons (Fsp3) is 0.542. The van der Waals surface area contributed by atoms with E-state index in [1.165, 1.54) is 23.9 Å². The van der Waals surface area contributed by atoms with Gasteiger partial charge in [0.15, 0.2) is 5.82 Å². The molecule has 2 aromatic rings. The molecule has 1 heterocycles. The van der Waals surface area contributed by atoms with Gasteiger partial charge in [-0.2, -0.15) is 4.98 Å². The molecule has 0 aliphatic heterocycles. The van der Waals surface area contributed by atoms with Gasteiger partial charge >= 0.3 is 0 Å². The van der Waals surface area contributed by atoms with E-state index in [0.29, 0.717) is 35.4 Å². The average molecular weight is 589 g/mol. The van der Waals surface area contributed by atoms with Gasteiger partial charge in [0.25, 0.3) is 5.91 Å². The van der Waals surface area contributed by atoms with Crippen molar-refractivity contribution in [2.75, 3.05) is 58.2 Å². The fourth-order valence-electron chi connectivity index (χ4n) is 4.27. The van der Waals surface area contributed by atoms with Crippen LogP contribution in [0.25, 0.3) is 0 Å². The van der Waals surface area contributed by atoms with Gasteiger partial charge in [-0.3, -0.25) is 4.79 Å². The molecule has 2 atom stereocenters. The Morgan fingerprint density at radius 2 is 1.87 bits per heavy atom. The number of benzene rings is 1. The monoisotopic (exact) mass is 587 g/mol. The third-order valence-corrected chi connectivity index (χ3v) is 8.32. The number of hydrogen-bond donors (Lipinski definition) is 3. The summed E-state index contributed by atoms with van der Waals surface area (Å²) in [7, 11) is 3.56. The van der Waals surface area contributed by atoms with Crippen LogP contribution in [0.2, 0.25) is 10.0 Å². The number of nitrogens with zero attached hydrogens (tertiary/aromatic N) is 4. The molecule has 210 valence electrons. The number of hydrogen-bond acceptors (Lipinski definition) is 9. The van der Waals surface area contributed by atoms with Crippen LogP contribution in [0.4, 0.5) is 17.5 Å². The van der Waals surface area contributed by atoms with Crippen molar-refractivity contribution < 1.29 is 17.9 Å². The maximum Gasteiger partial charge on any atom is 0.252 e. The summed E-state index contributed by atoms with van der Waals surface area (Å²) in [5.41, 5.74) is 0.744. The zero-order valence-corrected chi connectivity index (χ0v) is 24.5. The minimum Gasteiger partial charge on any atom is -0.495 e. The molecule has 0 unspecified atom stereocenters. The first kappa shape index (κ1) is 30.2. The third kappa shape index (κ3) is 7.82. The van der Waals surface area contributed by atoms with Crippen molar-refractivity contribution in [1.29, 1.82) is 0 Å². The van der Waals surface area contributed by atoms with E-state index in [1.807, 2.05) is 19.0 Å². The van der Waals surface area contributed by atoms with E-state index >= 15 is 0 Å². The number of carbonyl (C=O) groups is 1. The van der Waals surface area contributed by atoms with E-state index in [9.17, 15) is 13.2 Å². The van der Waals surface area contributed by atoms with Crippen molar-refractivity contribution in [2.24, 2.45) is 0 Å². The van der Waals surface area contributed by atoms with Crippen LogP contribution < -0.4 is 20.7 Å². The number of nitrogens with one attached hydrogen (secondary N) is 3. The first-order chi connectivity index (χ1) is 17.9. The summed E-state index contributed by atoms with van der Waals surface area (Å²) in [4.78, 5) is 23.4. The molecule has 3 rings (SSSR count). The quantitative estimate of drug-likeness (QED) is 0.362. The van der Waals surface area contributed by atoms with Gasteiger partial charge in [-0.1, -0.05) is 36.0 Å². The molecule has 1 saturated carbocycles. The molecule has 14 heteroatoms. The van der Waals surface area contributed by atoms with E-state index in [-0.39, 0.29) is 34.5 Å². The second-order valence-electron chi connectivity index (χ2n) is 9.49. The second-order valence-corrected chi connectivity index (χ2v) is 12.3. The number of likely N-dealkylation sites (N-methyl/N-ethyl adjacent to an activating group) is 2. The predicted octanol–water partition coefficient (Wildman–Crippen LogP) is 3.44. The maximum absolute atomic E-state index is 12.6. The molecule has 1 aromatic carbocycles. The summed E-state index contributed by atoms with van der Waals surface area (Å²) in [6.07, 6.45) is 6.07. The molecular formula is C24H35Cl2N7O4S. The van der Waals surface area contributed by atoms with Crippen molar-refractivity contribution in [2.45, 2.75) is 37.8 Å². The number of aromatic nitrogens is 2.